The lowest BCUT2D eigenvalue weighted by Gasteiger charge is -2.65. The molecular weight excluding hydrogens is 372 g/mol. The van der Waals surface area contributed by atoms with Gasteiger partial charge in [0.2, 0.25) is 0 Å². The lowest BCUT2D eigenvalue weighted by molar-refractivity contribution is -0.264. The van der Waals surface area contributed by atoms with E-state index in [0.717, 1.165) is 37.0 Å². The molecule has 3 nitrogen and oxygen atoms in total. The Bertz CT molecular complexity index is 619. The van der Waals surface area contributed by atoms with Crippen molar-refractivity contribution in [3.05, 3.63) is 0 Å². The summed E-state index contributed by atoms with van der Waals surface area (Å²) in [6.07, 6.45) is 10.7. The van der Waals surface area contributed by atoms with Crippen molar-refractivity contribution in [3.8, 4) is 0 Å². The van der Waals surface area contributed by atoms with Crippen LogP contribution in [-0.2, 0) is 0 Å². The van der Waals surface area contributed by atoms with Gasteiger partial charge in [0.15, 0.2) is 0 Å². The smallest absolute Gasteiger partial charge is 0.0985 e. The molecule has 0 unspecified atom stereocenters. The Hall–Kier alpha value is -0.120. The maximum atomic E-state index is 11.6. The number of rotatable bonds is 5. The van der Waals surface area contributed by atoms with Crippen LogP contribution in [0.3, 0.4) is 0 Å². The molecule has 0 aromatic carbocycles. The van der Waals surface area contributed by atoms with Gasteiger partial charge in [-0.25, -0.2) is 0 Å². The Morgan fingerprint density at radius 1 is 0.900 bits per heavy atom. The first-order valence-electron chi connectivity index (χ1n) is 13.1. The summed E-state index contributed by atoms with van der Waals surface area (Å²) in [5, 5.41) is 33.0. The molecule has 0 aliphatic heterocycles. The molecule has 0 heterocycles. The topological polar surface area (TPSA) is 60.7 Å². The minimum absolute atomic E-state index is 0.253. The van der Waals surface area contributed by atoms with Gasteiger partial charge in [-0.15, -0.1) is 0 Å². The zero-order chi connectivity index (χ0) is 21.9. The molecule has 4 fully saturated rings. The molecule has 4 rings (SSSR count). The number of aliphatic hydroxyl groups is 3. The third-order valence-corrected chi connectivity index (χ3v) is 11.0. The van der Waals surface area contributed by atoms with Crippen LogP contribution in [0.2, 0.25) is 0 Å². The van der Waals surface area contributed by atoms with Crippen LogP contribution in [-0.4, -0.2) is 33.1 Å². The van der Waals surface area contributed by atoms with Gasteiger partial charge in [-0.1, -0.05) is 53.9 Å². The van der Waals surface area contributed by atoms with E-state index >= 15 is 0 Å². The van der Waals surface area contributed by atoms with Crippen LogP contribution < -0.4 is 0 Å². The van der Waals surface area contributed by atoms with Gasteiger partial charge in [-0.05, 0) is 85.9 Å². The molecule has 4 aliphatic carbocycles. The molecule has 0 radical (unpaired) electrons. The first-order chi connectivity index (χ1) is 14.0. The lowest BCUT2D eigenvalue weighted by Crippen LogP contribution is -2.68. The molecular formula is C27H48O3. The zero-order valence-electron chi connectivity index (χ0n) is 20.2. The molecule has 0 saturated heterocycles. The highest BCUT2D eigenvalue weighted by molar-refractivity contribution is 5.17. The van der Waals surface area contributed by atoms with Gasteiger partial charge < -0.3 is 15.3 Å². The quantitative estimate of drug-likeness (QED) is 0.546. The van der Waals surface area contributed by atoms with Crippen LogP contribution in [0.5, 0.6) is 0 Å². The van der Waals surface area contributed by atoms with Crippen LogP contribution >= 0.6 is 0 Å². The van der Waals surface area contributed by atoms with E-state index < -0.39 is 17.8 Å². The molecule has 0 amide bonds. The van der Waals surface area contributed by atoms with Crippen molar-refractivity contribution in [3.63, 3.8) is 0 Å². The summed E-state index contributed by atoms with van der Waals surface area (Å²) in [5.74, 6) is 4.13. The monoisotopic (exact) mass is 420 g/mol. The second-order valence-electron chi connectivity index (χ2n) is 12.9. The summed E-state index contributed by atoms with van der Waals surface area (Å²) in [7, 11) is 0. The van der Waals surface area contributed by atoms with Crippen LogP contribution in [0.1, 0.15) is 105 Å². The van der Waals surface area contributed by atoms with Gasteiger partial charge >= 0.3 is 0 Å². The SMILES string of the molecule is CC(C)CCC[C@@H](C)[C@H]1CC[C@H]2[C@@H]3C[C@H](O)[C@@]4(O)C[C@@H](O)CC[C@]4(C)[C@H]3CC[C@]12C. The van der Waals surface area contributed by atoms with E-state index in [1.807, 2.05) is 0 Å². The first-order valence-corrected chi connectivity index (χ1v) is 13.1. The van der Waals surface area contributed by atoms with Crippen molar-refractivity contribution in [1.29, 1.82) is 0 Å². The standard InChI is InChI=1S/C27H48O3/c1-17(2)7-6-8-18(3)21-9-10-22-20-15-24(29)27(30)16-19(28)11-14-26(27,5)23(20)12-13-25(21,22)4/h17-24,28-30H,6-16H2,1-5H3/t18-,19+,20+,21-,22+,23+,24+,25-,26-,27+/m1/s1. The van der Waals surface area contributed by atoms with Crippen LogP contribution in [0, 0.1) is 46.3 Å². The minimum atomic E-state index is -1.11. The lowest BCUT2D eigenvalue weighted by atomic mass is 9.42. The number of aliphatic hydroxyl groups excluding tert-OH is 2. The van der Waals surface area contributed by atoms with E-state index in [-0.39, 0.29) is 5.41 Å². The van der Waals surface area contributed by atoms with Crippen LogP contribution in [0.15, 0.2) is 0 Å². The Labute approximate surface area is 185 Å². The van der Waals surface area contributed by atoms with Gasteiger partial charge in [0.05, 0.1) is 17.8 Å². The van der Waals surface area contributed by atoms with Gasteiger partial charge in [0.1, 0.15) is 0 Å². The molecule has 0 spiro atoms. The summed E-state index contributed by atoms with van der Waals surface area (Å²) >= 11 is 0. The minimum Gasteiger partial charge on any atom is -0.393 e. The maximum absolute atomic E-state index is 11.6. The van der Waals surface area contributed by atoms with Crippen LogP contribution in [0.4, 0.5) is 0 Å². The first kappa shape index (κ1) is 23.1. The fourth-order valence-corrected chi connectivity index (χ4v) is 9.29. The third kappa shape index (κ3) is 3.41. The van der Waals surface area contributed by atoms with E-state index in [0.29, 0.717) is 29.6 Å². The van der Waals surface area contributed by atoms with E-state index in [4.69, 9.17) is 0 Å². The van der Waals surface area contributed by atoms with E-state index in [2.05, 4.69) is 34.6 Å². The third-order valence-electron chi connectivity index (χ3n) is 11.0. The van der Waals surface area contributed by atoms with E-state index in [1.165, 1.54) is 44.9 Å². The Morgan fingerprint density at radius 3 is 2.33 bits per heavy atom. The van der Waals surface area contributed by atoms with Crippen molar-refractivity contribution < 1.29 is 15.3 Å². The molecule has 10 atom stereocenters. The summed E-state index contributed by atoms with van der Waals surface area (Å²) in [6.45, 7) is 12.0. The second kappa shape index (κ2) is 8.03. The van der Waals surface area contributed by atoms with Gasteiger partial charge in [0, 0.05) is 11.8 Å². The fraction of sp³-hybridized carbons (Fsp3) is 1.00. The fourth-order valence-electron chi connectivity index (χ4n) is 9.29. The second-order valence-corrected chi connectivity index (χ2v) is 12.9. The highest BCUT2D eigenvalue weighted by atomic mass is 16.3. The summed E-state index contributed by atoms with van der Waals surface area (Å²) in [6, 6.07) is 0. The summed E-state index contributed by atoms with van der Waals surface area (Å²) in [5.41, 5.74) is -0.962. The summed E-state index contributed by atoms with van der Waals surface area (Å²) < 4.78 is 0. The number of fused-ring (bicyclic) bond motifs is 5. The Balaban J connectivity index is 1.53. The molecule has 0 bridgehead atoms. The molecule has 4 aliphatic rings. The Morgan fingerprint density at radius 2 is 1.63 bits per heavy atom. The molecule has 3 heteroatoms. The Kier molecular flexibility index (Phi) is 6.17. The van der Waals surface area contributed by atoms with Crippen molar-refractivity contribution in [2.24, 2.45) is 46.3 Å². The molecule has 174 valence electrons. The molecule has 30 heavy (non-hydrogen) atoms. The van der Waals surface area contributed by atoms with Crippen molar-refractivity contribution in [2.75, 3.05) is 0 Å². The highest BCUT2D eigenvalue weighted by Gasteiger charge is 2.67. The largest absolute Gasteiger partial charge is 0.393 e. The normalized spacial score (nSPS) is 51.9. The van der Waals surface area contributed by atoms with Crippen molar-refractivity contribution >= 4 is 0 Å². The van der Waals surface area contributed by atoms with Crippen molar-refractivity contribution in [2.45, 2.75) is 123 Å². The van der Waals surface area contributed by atoms with Gasteiger partial charge in [-0.3, -0.25) is 0 Å². The highest BCUT2D eigenvalue weighted by Crippen LogP contribution is 2.69. The maximum Gasteiger partial charge on any atom is 0.0985 e. The molecule has 0 aromatic rings. The molecule has 4 saturated carbocycles. The summed E-state index contributed by atoms with van der Waals surface area (Å²) in [4.78, 5) is 0. The number of hydrogen-bond acceptors (Lipinski definition) is 3. The van der Waals surface area contributed by atoms with Crippen molar-refractivity contribution in [1.82, 2.24) is 0 Å². The predicted molar refractivity (Wildman–Crippen MR) is 122 cm³/mol. The van der Waals surface area contributed by atoms with E-state index in [9.17, 15) is 15.3 Å². The predicted octanol–water partition coefficient (Wildman–Crippen LogP) is 5.55. The van der Waals surface area contributed by atoms with E-state index in [1.54, 1.807) is 0 Å². The molecule has 0 aromatic heterocycles. The number of hydrogen-bond donors (Lipinski definition) is 3. The zero-order valence-corrected chi connectivity index (χ0v) is 20.2. The molecule has 3 N–H and O–H groups in total. The van der Waals surface area contributed by atoms with Crippen LogP contribution in [0.25, 0.3) is 0 Å². The van der Waals surface area contributed by atoms with Gasteiger partial charge in [0.25, 0.3) is 0 Å². The van der Waals surface area contributed by atoms with Gasteiger partial charge in [-0.2, -0.15) is 0 Å². The average molecular weight is 421 g/mol. The average Bonchev–Trinajstić information content (AvgIpc) is 3.01.